The summed E-state index contributed by atoms with van der Waals surface area (Å²) in [5, 5.41) is 0. The highest BCUT2D eigenvalue weighted by molar-refractivity contribution is 7.89. The summed E-state index contributed by atoms with van der Waals surface area (Å²) >= 11 is 0. The van der Waals surface area contributed by atoms with Gasteiger partial charge in [0.05, 0.1) is 18.1 Å². The molecule has 6 nitrogen and oxygen atoms in total. The Morgan fingerprint density at radius 2 is 1.72 bits per heavy atom. The molecule has 0 unspecified atom stereocenters. The molecule has 156 valence electrons. The number of aryl methyl sites for hydroxylation is 3. The van der Waals surface area contributed by atoms with Gasteiger partial charge in [-0.15, -0.1) is 0 Å². The van der Waals surface area contributed by atoms with Gasteiger partial charge in [-0.1, -0.05) is 29.8 Å². The fourth-order valence-electron chi connectivity index (χ4n) is 3.51. The third kappa shape index (κ3) is 4.69. The third-order valence-electron chi connectivity index (χ3n) is 5.28. The molecule has 0 radical (unpaired) electrons. The molecule has 1 aliphatic rings. The van der Waals surface area contributed by atoms with Crippen molar-refractivity contribution in [3.63, 3.8) is 0 Å². The predicted molar refractivity (Wildman–Crippen MR) is 112 cm³/mol. The Bertz CT molecular complexity index is 1010. The molecule has 3 rings (SSSR count). The number of morpholine rings is 1. The van der Waals surface area contributed by atoms with Gasteiger partial charge < -0.3 is 9.64 Å². The predicted octanol–water partition coefficient (Wildman–Crippen LogP) is 2.90. The SMILES string of the molecule is Cc1ccc(CN(C)C(=O)c2ccc(C)c(S(=O)(=O)N3CCOCC3)c2)c(C)c1. The summed E-state index contributed by atoms with van der Waals surface area (Å²) in [6.45, 7) is 7.70. The molecule has 7 heteroatoms. The Labute approximate surface area is 173 Å². The van der Waals surface area contributed by atoms with Crippen molar-refractivity contribution in [2.75, 3.05) is 33.4 Å². The summed E-state index contributed by atoms with van der Waals surface area (Å²) in [7, 11) is -1.93. The molecule has 0 atom stereocenters. The summed E-state index contributed by atoms with van der Waals surface area (Å²) in [4.78, 5) is 14.8. The maximum Gasteiger partial charge on any atom is 0.253 e. The lowest BCUT2D eigenvalue weighted by atomic mass is 10.0. The molecule has 0 saturated carbocycles. The summed E-state index contributed by atoms with van der Waals surface area (Å²) in [5.41, 5.74) is 4.38. The molecule has 0 aliphatic carbocycles. The van der Waals surface area contributed by atoms with Crippen molar-refractivity contribution in [1.82, 2.24) is 9.21 Å². The van der Waals surface area contributed by atoms with Crippen LogP contribution in [0.25, 0.3) is 0 Å². The average molecular weight is 417 g/mol. The first-order valence-corrected chi connectivity index (χ1v) is 11.1. The first-order valence-electron chi connectivity index (χ1n) is 9.70. The van der Waals surface area contributed by atoms with Crippen LogP contribution in [0.2, 0.25) is 0 Å². The lowest BCUT2D eigenvalue weighted by Crippen LogP contribution is -2.41. The van der Waals surface area contributed by atoms with Crippen LogP contribution in [0.3, 0.4) is 0 Å². The first kappa shape index (κ1) is 21.5. The Hall–Kier alpha value is -2.22. The maximum atomic E-state index is 13.1. The molecular formula is C22H28N2O4S. The van der Waals surface area contributed by atoms with E-state index in [0.717, 1.165) is 11.1 Å². The van der Waals surface area contributed by atoms with Crippen molar-refractivity contribution in [1.29, 1.82) is 0 Å². The second kappa shape index (κ2) is 8.65. The van der Waals surface area contributed by atoms with E-state index in [9.17, 15) is 13.2 Å². The Balaban J connectivity index is 1.85. The first-order chi connectivity index (χ1) is 13.7. The van der Waals surface area contributed by atoms with Crippen molar-refractivity contribution in [3.8, 4) is 0 Å². The van der Waals surface area contributed by atoms with E-state index < -0.39 is 10.0 Å². The van der Waals surface area contributed by atoms with Gasteiger partial charge in [0.15, 0.2) is 0 Å². The van der Waals surface area contributed by atoms with E-state index in [1.54, 1.807) is 31.0 Å². The van der Waals surface area contributed by atoms with Crippen molar-refractivity contribution in [3.05, 3.63) is 64.2 Å². The minimum absolute atomic E-state index is 0.185. The van der Waals surface area contributed by atoms with Crippen LogP contribution in [-0.4, -0.2) is 56.9 Å². The molecule has 2 aromatic rings. The van der Waals surface area contributed by atoms with Crippen LogP contribution in [0.5, 0.6) is 0 Å². The minimum atomic E-state index is -3.66. The van der Waals surface area contributed by atoms with E-state index in [1.807, 2.05) is 26.0 Å². The van der Waals surface area contributed by atoms with Crippen LogP contribution in [0.1, 0.15) is 32.6 Å². The fourth-order valence-corrected chi connectivity index (χ4v) is 5.17. The number of ether oxygens (including phenoxy) is 1. The van der Waals surface area contributed by atoms with Crippen LogP contribution in [0.15, 0.2) is 41.3 Å². The highest BCUT2D eigenvalue weighted by Gasteiger charge is 2.28. The minimum Gasteiger partial charge on any atom is -0.379 e. The number of carbonyl (C=O) groups is 1. The van der Waals surface area contributed by atoms with Gasteiger partial charge in [-0.2, -0.15) is 4.31 Å². The lowest BCUT2D eigenvalue weighted by molar-refractivity contribution is 0.0730. The smallest absolute Gasteiger partial charge is 0.253 e. The zero-order chi connectivity index (χ0) is 21.2. The average Bonchev–Trinajstić information content (AvgIpc) is 2.70. The number of sulfonamides is 1. The van der Waals surface area contributed by atoms with Gasteiger partial charge in [0.2, 0.25) is 10.0 Å². The Kier molecular flexibility index (Phi) is 6.41. The van der Waals surface area contributed by atoms with Crippen molar-refractivity contribution < 1.29 is 17.9 Å². The Morgan fingerprint density at radius 3 is 2.38 bits per heavy atom. The largest absolute Gasteiger partial charge is 0.379 e. The molecule has 1 aliphatic heterocycles. The number of amides is 1. The number of rotatable bonds is 5. The van der Waals surface area contributed by atoms with Gasteiger partial charge in [-0.05, 0) is 49.6 Å². The highest BCUT2D eigenvalue weighted by atomic mass is 32.2. The van der Waals surface area contributed by atoms with Crippen LogP contribution >= 0.6 is 0 Å². The summed E-state index contributed by atoms with van der Waals surface area (Å²) in [6.07, 6.45) is 0. The molecule has 1 saturated heterocycles. The quantitative estimate of drug-likeness (QED) is 0.752. The molecule has 29 heavy (non-hydrogen) atoms. The second-order valence-electron chi connectivity index (χ2n) is 7.59. The fraction of sp³-hybridized carbons (Fsp3) is 0.409. The summed E-state index contributed by atoms with van der Waals surface area (Å²) in [5.74, 6) is -0.205. The molecule has 1 amide bonds. The zero-order valence-corrected chi connectivity index (χ0v) is 18.3. The number of hydrogen-bond donors (Lipinski definition) is 0. The van der Waals surface area contributed by atoms with Gasteiger partial charge in [-0.3, -0.25) is 4.79 Å². The van der Waals surface area contributed by atoms with Gasteiger partial charge in [0.25, 0.3) is 5.91 Å². The van der Waals surface area contributed by atoms with E-state index >= 15 is 0 Å². The van der Waals surface area contributed by atoms with E-state index in [1.165, 1.54) is 15.9 Å². The van der Waals surface area contributed by atoms with Crippen molar-refractivity contribution in [2.45, 2.75) is 32.2 Å². The molecular weight excluding hydrogens is 388 g/mol. The van der Waals surface area contributed by atoms with Gasteiger partial charge in [-0.25, -0.2) is 8.42 Å². The number of benzene rings is 2. The standard InChI is InChI=1S/C22H28N2O4S/c1-16-5-7-20(18(3)13-16)15-23(4)22(25)19-8-6-17(2)21(14-19)29(26,27)24-9-11-28-12-10-24/h5-8,13-14H,9-12,15H2,1-4H3. The van der Waals surface area contributed by atoms with Gasteiger partial charge in [0.1, 0.15) is 0 Å². The van der Waals surface area contributed by atoms with Crippen molar-refractivity contribution >= 4 is 15.9 Å². The molecule has 0 spiro atoms. The zero-order valence-electron chi connectivity index (χ0n) is 17.4. The van der Waals surface area contributed by atoms with Crippen LogP contribution in [0, 0.1) is 20.8 Å². The topological polar surface area (TPSA) is 66.9 Å². The second-order valence-corrected chi connectivity index (χ2v) is 9.49. The number of carbonyl (C=O) groups excluding carboxylic acids is 1. The normalized spacial score (nSPS) is 15.3. The van der Waals surface area contributed by atoms with Crippen molar-refractivity contribution in [2.24, 2.45) is 0 Å². The Morgan fingerprint density at radius 1 is 1.03 bits per heavy atom. The summed E-state index contributed by atoms with van der Waals surface area (Å²) in [6, 6.07) is 11.0. The van der Waals surface area contributed by atoms with Crippen LogP contribution < -0.4 is 0 Å². The monoisotopic (exact) mass is 416 g/mol. The van der Waals surface area contributed by atoms with Crippen LogP contribution in [-0.2, 0) is 21.3 Å². The van der Waals surface area contributed by atoms with Gasteiger partial charge >= 0.3 is 0 Å². The molecule has 1 fully saturated rings. The molecule has 0 N–H and O–H groups in total. The van der Waals surface area contributed by atoms with E-state index in [-0.39, 0.29) is 10.8 Å². The van der Waals surface area contributed by atoms with Crippen LogP contribution in [0.4, 0.5) is 0 Å². The highest BCUT2D eigenvalue weighted by Crippen LogP contribution is 2.23. The molecule has 0 aromatic heterocycles. The summed E-state index contributed by atoms with van der Waals surface area (Å²) < 4.78 is 32.8. The van der Waals surface area contributed by atoms with E-state index in [4.69, 9.17) is 4.74 Å². The van der Waals surface area contributed by atoms with Gasteiger partial charge in [0, 0.05) is 32.2 Å². The molecule has 2 aromatic carbocycles. The van der Waals surface area contributed by atoms with E-state index in [0.29, 0.717) is 44.0 Å². The molecule has 0 bridgehead atoms. The third-order valence-corrected chi connectivity index (χ3v) is 7.32. The lowest BCUT2D eigenvalue weighted by Gasteiger charge is -2.27. The molecule has 1 heterocycles. The number of nitrogens with zero attached hydrogens (tertiary/aromatic N) is 2. The number of hydrogen-bond acceptors (Lipinski definition) is 4. The maximum absolute atomic E-state index is 13.1. The van der Waals surface area contributed by atoms with E-state index in [2.05, 4.69) is 6.07 Å².